The Morgan fingerprint density at radius 2 is 0.964 bits per heavy atom. The Balaban J connectivity index is 0.000000270. The van der Waals surface area contributed by atoms with Crippen LogP contribution in [0.15, 0.2) is 171 Å². The van der Waals surface area contributed by atoms with Gasteiger partial charge < -0.3 is 29.3 Å². The molecule has 0 atom stereocenters. The summed E-state index contributed by atoms with van der Waals surface area (Å²) in [4.78, 5) is 51.6. The molecule has 0 fully saturated rings. The predicted octanol–water partition coefficient (Wildman–Crippen LogP) is 15.6. The van der Waals surface area contributed by atoms with E-state index in [4.69, 9.17) is 9.72 Å². The van der Waals surface area contributed by atoms with Crippen molar-refractivity contribution < 1.29 is 61.2 Å². The third-order valence-electron chi connectivity index (χ3n) is 13.2. The van der Waals surface area contributed by atoms with Gasteiger partial charge in [-0.1, -0.05) is 110 Å². The van der Waals surface area contributed by atoms with Crippen molar-refractivity contribution in [3.05, 3.63) is 210 Å². The van der Waals surface area contributed by atoms with Crippen molar-refractivity contribution in [2.75, 3.05) is 4.90 Å². The van der Waals surface area contributed by atoms with Crippen LogP contribution in [0.1, 0.15) is 95.8 Å². The number of hydrogen-bond donors (Lipinski definition) is 0. The van der Waals surface area contributed by atoms with Crippen LogP contribution in [-0.4, -0.2) is 44.5 Å². The van der Waals surface area contributed by atoms with Crippen LogP contribution in [0.4, 0.5) is 30.2 Å². The molecule has 0 aliphatic heterocycles. The van der Waals surface area contributed by atoms with E-state index in [-0.39, 0.29) is 47.2 Å². The molecular weight excluding hydrogens is 1160 g/mol. The van der Waals surface area contributed by atoms with Crippen LogP contribution in [0.25, 0.3) is 68.7 Å². The molecule has 13 nitrogen and oxygen atoms in total. The molecule has 9 rings (SSSR count). The van der Waals surface area contributed by atoms with E-state index in [1.165, 1.54) is 23.7 Å². The zero-order valence-corrected chi connectivity index (χ0v) is 49.4. The number of nitrogens with zero attached hydrogens (tertiary/aromatic N) is 7. The summed E-state index contributed by atoms with van der Waals surface area (Å²) < 4.78 is 54.6. The molecule has 0 saturated heterocycles. The molecule has 5 aromatic heterocycles. The fourth-order valence-electron chi connectivity index (χ4n) is 8.62. The maximum Gasteiger partial charge on any atom is 2.00 e. The predicted molar refractivity (Wildman–Crippen MR) is 316 cm³/mol. The van der Waals surface area contributed by atoms with Gasteiger partial charge in [-0.25, -0.2) is 4.98 Å². The minimum Gasteiger partial charge on any atom is -0.573 e. The van der Waals surface area contributed by atoms with Gasteiger partial charge in [0.05, 0.1) is 35.3 Å². The van der Waals surface area contributed by atoms with Crippen LogP contribution < -0.4 is 14.7 Å². The van der Waals surface area contributed by atoms with Gasteiger partial charge in [-0.2, -0.15) is 13.2 Å². The third-order valence-corrected chi connectivity index (χ3v) is 13.2. The molecule has 4 aromatic carbocycles. The number of pyridine rings is 4. The van der Waals surface area contributed by atoms with Crippen LogP contribution in [0.2, 0.25) is 0 Å². The second-order valence-corrected chi connectivity index (χ2v) is 22.3. The fourth-order valence-corrected chi connectivity index (χ4v) is 8.62. The number of aromatic nitrogens is 6. The van der Waals surface area contributed by atoms with E-state index in [0.717, 1.165) is 56.5 Å². The molecule has 428 valence electrons. The number of alkyl halides is 3. The van der Waals surface area contributed by atoms with Crippen molar-refractivity contribution in [2.45, 2.75) is 84.7 Å². The Labute approximate surface area is 499 Å². The molecule has 17 heteroatoms. The minimum atomic E-state index is -4.61. The van der Waals surface area contributed by atoms with Gasteiger partial charge in [0, 0.05) is 47.3 Å². The Bertz CT molecular complexity index is 3630. The fraction of sp³-hybridized carbons (Fsp3) is 0.194. The number of anilines is 3. The number of rotatable bonds is 16. The van der Waals surface area contributed by atoms with E-state index >= 15 is 0 Å². The zero-order chi connectivity index (χ0) is 59.5. The van der Waals surface area contributed by atoms with Crippen LogP contribution in [0.3, 0.4) is 0 Å². The van der Waals surface area contributed by atoms with Crippen molar-refractivity contribution in [1.82, 2.24) is 30.1 Å². The normalized spacial score (nSPS) is 11.8. The molecule has 5 heterocycles. The molecule has 0 saturated carbocycles. The zero-order valence-electron chi connectivity index (χ0n) is 47.6. The monoisotopic (exact) mass is 1220 g/mol. The van der Waals surface area contributed by atoms with E-state index < -0.39 is 11.9 Å². The standard InChI is InChI=1S/C45H45F3N4.C22H15N3O6.Ru/c1-42(2,3)32-14-10-30(11-15-32)38-26-31(27-39(49-38)40-28-41(51-50-40)45(46,47)48)29-12-20-35(21-13-29)52(36-22-16-33(17-23-36)43(4,5)6)37-24-18-34(19-25-37)44(7,8)9;26-13-29-7-3-16-1-5-23-19(9-16)21-11-18(31-15-28)12-22(25-21)20-10-17(2-6-24-20)4-8-30-14-27;/h10,12-28H,1-9H3;1-15H;/q-2;;+2/b;7-3+,8-4+;. The van der Waals surface area contributed by atoms with Gasteiger partial charge in [0.1, 0.15) is 11.4 Å². The molecule has 84 heavy (non-hydrogen) atoms. The van der Waals surface area contributed by atoms with Gasteiger partial charge in [0.15, 0.2) is 0 Å². The summed E-state index contributed by atoms with van der Waals surface area (Å²) in [6.45, 7) is 20.6. The van der Waals surface area contributed by atoms with E-state index in [2.05, 4.69) is 169 Å². The molecule has 9 aromatic rings. The molecule has 0 aliphatic rings. The summed E-state index contributed by atoms with van der Waals surface area (Å²) in [6, 6.07) is 49.5. The second kappa shape index (κ2) is 26.8. The van der Waals surface area contributed by atoms with E-state index in [1.807, 2.05) is 36.4 Å². The molecule has 0 N–H and O–H groups in total. The summed E-state index contributed by atoms with van der Waals surface area (Å²) in [5.74, 6) is 0.258. The summed E-state index contributed by atoms with van der Waals surface area (Å²) in [6.07, 6.45) is 4.20. The largest absolute Gasteiger partial charge is 2.00 e. The second-order valence-electron chi connectivity index (χ2n) is 22.3. The molecule has 0 amide bonds. The number of benzene rings is 4. The van der Waals surface area contributed by atoms with Crippen molar-refractivity contribution in [1.29, 1.82) is 0 Å². The van der Waals surface area contributed by atoms with Gasteiger partial charge >= 0.3 is 25.7 Å². The molecular formula is C67H60F3N7O6Ru. The van der Waals surface area contributed by atoms with Crippen LogP contribution in [0.5, 0.6) is 5.75 Å². The van der Waals surface area contributed by atoms with Gasteiger partial charge in [-0.05, 0) is 140 Å². The maximum atomic E-state index is 13.5. The molecule has 0 radical (unpaired) electrons. The Kier molecular flexibility index (Phi) is 19.9. The summed E-state index contributed by atoms with van der Waals surface area (Å²) in [7, 11) is 0. The van der Waals surface area contributed by atoms with E-state index in [0.29, 0.717) is 53.6 Å². The maximum absolute atomic E-state index is 13.5. The average Bonchev–Trinajstić information content (AvgIpc) is 2.90. The van der Waals surface area contributed by atoms with E-state index in [1.54, 1.807) is 67.0 Å². The van der Waals surface area contributed by atoms with E-state index in [9.17, 15) is 27.6 Å². The van der Waals surface area contributed by atoms with Crippen molar-refractivity contribution in [3.63, 3.8) is 0 Å². The summed E-state index contributed by atoms with van der Waals surface area (Å²) >= 11 is 0. The van der Waals surface area contributed by atoms with Crippen molar-refractivity contribution in [3.8, 4) is 62.3 Å². The van der Waals surface area contributed by atoms with Crippen molar-refractivity contribution in [2.24, 2.45) is 0 Å². The topological polar surface area (TPSA) is 161 Å². The first-order valence-electron chi connectivity index (χ1n) is 26.3. The average molecular weight is 1220 g/mol. The minimum absolute atomic E-state index is 0. The summed E-state index contributed by atoms with van der Waals surface area (Å²) in [5, 5.41) is 7.27. The number of halogens is 3. The number of hydrogen-bond acceptors (Lipinski definition) is 12. The molecule has 0 bridgehead atoms. The molecule has 0 spiro atoms. The SMILES string of the molecule is CC(C)(C)c1c[c-]c(-c2cc(-c3ccc(N(c4ccc(C(C)(C)C)cc4)c4ccc(C(C)(C)C)cc4)cc3)cc(-c3cc(C(F)(F)F)n[n-]3)n2)cc1.O=CO/C=C/c1ccnc(-c2cc(OC=O)cc(-c3cc(/C=C/OC=O)ccn3)n2)c1.[Ru+2]. The Morgan fingerprint density at radius 3 is 1.39 bits per heavy atom. The molecule has 0 aliphatic carbocycles. The quantitative estimate of drug-likeness (QED) is 0.0389. The van der Waals surface area contributed by atoms with Gasteiger partial charge in [0.2, 0.25) is 0 Å². The number of carbonyl (C=O) groups excluding carboxylic acids is 3. The van der Waals surface area contributed by atoms with Gasteiger partial charge in [-0.3, -0.25) is 29.3 Å². The van der Waals surface area contributed by atoms with Gasteiger partial charge in [-0.15, -0.1) is 35.4 Å². The van der Waals surface area contributed by atoms with Crippen LogP contribution in [-0.2, 0) is 65.8 Å². The first-order valence-corrected chi connectivity index (χ1v) is 26.3. The Morgan fingerprint density at radius 1 is 0.500 bits per heavy atom. The van der Waals surface area contributed by atoms with Crippen LogP contribution in [0, 0.1) is 6.07 Å². The Hall–Kier alpha value is -9.21. The first kappa shape index (κ1) is 62.4. The van der Waals surface area contributed by atoms with Crippen molar-refractivity contribution >= 4 is 48.6 Å². The van der Waals surface area contributed by atoms with Crippen LogP contribution >= 0.6 is 0 Å². The third kappa shape index (κ3) is 16.1. The molecule has 0 unspecified atom stereocenters. The first-order chi connectivity index (χ1) is 39.5. The van der Waals surface area contributed by atoms with Gasteiger partial charge in [0.25, 0.3) is 19.4 Å². The smallest absolute Gasteiger partial charge is 0.573 e. The number of carbonyl (C=O) groups is 3. The number of ether oxygens (including phenoxy) is 3. The summed E-state index contributed by atoms with van der Waals surface area (Å²) in [5.41, 5.74) is 12.2.